The Morgan fingerprint density at radius 3 is 2.68 bits per heavy atom. The van der Waals surface area contributed by atoms with Crippen molar-refractivity contribution in [3.63, 3.8) is 0 Å². The third-order valence-electron chi connectivity index (χ3n) is 3.84. The number of hydrogen-bond acceptors (Lipinski definition) is 2. The number of benzene rings is 1. The molecule has 0 spiro atoms. The molecule has 1 heterocycles. The molecule has 0 saturated carbocycles. The zero-order chi connectivity index (χ0) is 14.0. The van der Waals surface area contributed by atoms with Crippen molar-refractivity contribution in [1.29, 1.82) is 0 Å². The van der Waals surface area contributed by atoms with E-state index < -0.39 is 0 Å². The zero-order valence-electron chi connectivity index (χ0n) is 12.2. The van der Waals surface area contributed by atoms with Crippen molar-refractivity contribution in [3.8, 4) is 0 Å². The minimum Gasteiger partial charge on any atom is -0.372 e. The van der Waals surface area contributed by atoms with Gasteiger partial charge in [0.25, 0.3) is 0 Å². The van der Waals surface area contributed by atoms with Crippen molar-refractivity contribution in [1.82, 2.24) is 5.32 Å². The smallest absolute Gasteiger partial charge is 0.0975 e. The van der Waals surface area contributed by atoms with Crippen LogP contribution in [0.3, 0.4) is 0 Å². The first kappa shape index (κ1) is 15.0. The van der Waals surface area contributed by atoms with Gasteiger partial charge in [-0.2, -0.15) is 0 Å². The van der Waals surface area contributed by atoms with Crippen LogP contribution in [-0.4, -0.2) is 18.7 Å². The third kappa shape index (κ3) is 3.80. The summed E-state index contributed by atoms with van der Waals surface area (Å²) >= 11 is 3.54. The van der Waals surface area contributed by atoms with Crippen LogP contribution in [0.15, 0.2) is 28.7 Å². The van der Waals surface area contributed by atoms with E-state index in [2.05, 4.69) is 73.2 Å². The van der Waals surface area contributed by atoms with Gasteiger partial charge >= 0.3 is 0 Å². The van der Waals surface area contributed by atoms with E-state index in [-0.39, 0.29) is 11.5 Å². The minimum absolute atomic E-state index is 0.129. The summed E-state index contributed by atoms with van der Waals surface area (Å²) in [6.07, 6.45) is 1.20. The molecule has 3 atom stereocenters. The first-order valence-corrected chi connectivity index (χ1v) is 7.80. The Bertz CT molecular complexity index is 427. The molecule has 1 aliphatic rings. The summed E-state index contributed by atoms with van der Waals surface area (Å²) in [5.74, 6) is 0. The number of halogens is 1. The summed E-state index contributed by atoms with van der Waals surface area (Å²) in [5.41, 5.74) is 1.51. The lowest BCUT2D eigenvalue weighted by Gasteiger charge is -2.33. The normalized spacial score (nSPS) is 29.0. The van der Waals surface area contributed by atoms with E-state index in [1.54, 1.807) is 0 Å². The quantitative estimate of drug-likeness (QED) is 0.831. The number of nitrogens with one attached hydrogen (secondary N) is 1. The molecule has 0 amide bonds. The molecule has 3 heteroatoms. The van der Waals surface area contributed by atoms with E-state index in [0.29, 0.717) is 12.1 Å². The van der Waals surface area contributed by atoms with Gasteiger partial charge in [-0.05, 0) is 36.5 Å². The molecule has 1 aliphatic heterocycles. The summed E-state index contributed by atoms with van der Waals surface area (Å²) in [4.78, 5) is 0. The Balaban J connectivity index is 2.16. The molecule has 0 bridgehead atoms. The topological polar surface area (TPSA) is 21.3 Å². The van der Waals surface area contributed by atoms with Crippen LogP contribution in [0.1, 0.15) is 45.8 Å². The fourth-order valence-electron chi connectivity index (χ4n) is 2.70. The minimum atomic E-state index is 0.129. The van der Waals surface area contributed by atoms with Crippen LogP contribution in [0, 0.1) is 5.41 Å². The summed E-state index contributed by atoms with van der Waals surface area (Å²) in [7, 11) is 0. The van der Waals surface area contributed by atoms with Crippen LogP contribution in [0.25, 0.3) is 0 Å². The van der Waals surface area contributed by atoms with Gasteiger partial charge in [0.05, 0.1) is 6.10 Å². The van der Waals surface area contributed by atoms with Gasteiger partial charge in [0.2, 0.25) is 0 Å². The fourth-order valence-corrected chi connectivity index (χ4v) is 3.11. The van der Waals surface area contributed by atoms with Gasteiger partial charge in [0.15, 0.2) is 0 Å². The molecule has 0 aromatic heterocycles. The maximum Gasteiger partial charge on any atom is 0.0975 e. The highest BCUT2D eigenvalue weighted by Crippen LogP contribution is 2.31. The second-order valence-electron chi connectivity index (χ2n) is 6.51. The predicted octanol–water partition coefficient (Wildman–Crippen LogP) is 4.30. The molecule has 1 aromatic carbocycles. The number of rotatable bonds is 1. The van der Waals surface area contributed by atoms with Crippen molar-refractivity contribution < 1.29 is 4.74 Å². The van der Waals surface area contributed by atoms with Gasteiger partial charge in [0.1, 0.15) is 0 Å². The Morgan fingerprint density at radius 2 is 2.05 bits per heavy atom. The lowest BCUT2D eigenvalue weighted by molar-refractivity contribution is 0.0460. The largest absolute Gasteiger partial charge is 0.372 e. The highest BCUT2D eigenvalue weighted by atomic mass is 79.9. The Morgan fingerprint density at radius 1 is 1.32 bits per heavy atom. The van der Waals surface area contributed by atoms with Gasteiger partial charge in [-0.3, -0.25) is 0 Å². The molecule has 106 valence electrons. The van der Waals surface area contributed by atoms with E-state index in [0.717, 1.165) is 17.5 Å². The van der Waals surface area contributed by atoms with E-state index in [9.17, 15) is 0 Å². The number of ether oxygens (including phenoxy) is 1. The first-order valence-electron chi connectivity index (χ1n) is 7.01. The van der Waals surface area contributed by atoms with Crippen molar-refractivity contribution in [2.24, 2.45) is 5.41 Å². The van der Waals surface area contributed by atoms with Gasteiger partial charge in [-0.25, -0.2) is 0 Å². The molecule has 1 fully saturated rings. The molecular formula is C16H24BrNO. The second kappa shape index (κ2) is 5.94. The molecule has 2 rings (SSSR count). The van der Waals surface area contributed by atoms with Crippen molar-refractivity contribution in [3.05, 3.63) is 34.3 Å². The summed E-state index contributed by atoms with van der Waals surface area (Å²) in [6, 6.07) is 9.24. The molecular weight excluding hydrogens is 302 g/mol. The molecule has 3 unspecified atom stereocenters. The summed E-state index contributed by atoms with van der Waals surface area (Å²) in [5, 5.41) is 3.75. The van der Waals surface area contributed by atoms with Gasteiger partial charge < -0.3 is 10.1 Å². The van der Waals surface area contributed by atoms with Crippen molar-refractivity contribution in [2.75, 3.05) is 6.61 Å². The van der Waals surface area contributed by atoms with Crippen LogP contribution in [0.2, 0.25) is 0 Å². The van der Waals surface area contributed by atoms with Crippen LogP contribution in [0.5, 0.6) is 0 Å². The average molecular weight is 326 g/mol. The zero-order valence-corrected chi connectivity index (χ0v) is 13.8. The molecule has 1 aromatic rings. The number of hydrogen-bond donors (Lipinski definition) is 1. The standard InChI is InChI=1S/C16H24BrNO/c1-11-15(12-6-5-7-13(17)10-12)19-9-8-14(18-11)16(2,3)4/h5-7,10-11,14-15,18H,8-9H2,1-4H3. The van der Waals surface area contributed by atoms with Crippen molar-refractivity contribution >= 4 is 15.9 Å². The maximum absolute atomic E-state index is 6.10. The summed E-state index contributed by atoms with van der Waals surface area (Å²) in [6.45, 7) is 9.90. The Hall–Kier alpha value is -0.380. The summed E-state index contributed by atoms with van der Waals surface area (Å²) < 4.78 is 7.21. The lowest BCUT2D eigenvalue weighted by Crippen LogP contribution is -2.45. The van der Waals surface area contributed by atoms with Gasteiger partial charge in [-0.15, -0.1) is 0 Å². The molecule has 19 heavy (non-hydrogen) atoms. The Kier molecular flexibility index (Phi) is 4.70. The van der Waals surface area contributed by atoms with Crippen LogP contribution >= 0.6 is 15.9 Å². The second-order valence-corrected chi connectivity index (χ2v) is 7.42. The van der Waals surface area contributed by atoms with E-state index in [1.807, 2.05) is 0 Å². The van der Waals surface area contributed by atoms with Gasteiger partial charge in [0, 0.05) is 23.2 Å². The van der Waals surface area contributed by atoms with Crippen molar-refractivity contribution in [2.45, 2.75) is 52.3 Å². The Labute approximate surface area is 125 Å². The van der Waals surface area contributed by atoms with E-state index >= 15 is 0 Å². The first-order chi connectivity index (χ1) is 8.88. The van der Waals surface area contributed by atoms with Gasteiger partial charge in [-0.1, -0.05) is 48.8 Å². The molecule has 1 saturated heterocycles. The highest BCUT2D eigenvalue weighted by Gasteiger charge is 2.32. The van der Waals surface area contributed by atoms with E-state index in [4.69, 9.17) is 4.74 Å². The van der Waals surface area contributed by atoms with E-state index in [1.165, 1.54) is 5.56 Å². The monoisotopic (exact) mass is 325 g/mol. The van der Waals surface area contributed by atoms with Crippen LogP contribution < -0.4 is 5.32 Å². The van der Waals surface area contributed by atoms with Crippen LogP contribution in [-0.2, 0) is 4.74 Å². The lowest BCUT2D eigenvalue weighted by atomic mass is 9.84. The molecule has 1 N–H and O–H groups in total. The molecule has 0 aliphatic carbocycles. The average Bonchev–Trinajstić information content (AvgIpc) is 2.50. The molecule has 0 radical (unpaired) electrons. The van der Waals surface area contributed by atoms with Crippen LogP contribution in [0.4, 0.5) is 0 Å². The maximum atomic E-state index is 6.10. The predicted molar refractivity (Wildman–Crippen MR) is 83.3 cm³/mol. The SMILES string of the molecule is CC1NC(C(C)(C)C)CCOC1c1cccc(Br)c1. The fraction of sp³-hybridized carbons (Fsp3) is 0.625. The molecule has 2 nitrogen and oxygen atoms in total. The third-order valence-corrected chi connectivity index (χ3v) is 4.34. The highest BCUT2D eigenvalue weighted by molar-refractivity contribution is 9.10.